The molecule has 4 nitrogen and oxygen atoms in total. The number of thiazole rings is 1. The van der Waals surface area contributed by atoms with E-state index in [4.69, 9.17) is 9.47 Å². The molecule has 0 radical (unpaired) electrons. The number of nitrogens with zero attached hydrogens (tertiary/aromatic N) is 1. The summed E-state index contributed by atoms with van der Waals surface area (Å²) < 4.78 is 10.2. The van der Waals surface area contributed by atoms with Gasteiger partial charge in [-0.2, -0.15) is 0 Å². The summed E-state index contributed by atoms with van der Waals surface area (Å²) in [4.78, 5) is 4.57. The average molecular weight is 273 g/mol. The van der Waals surface area contributed by atoms with Crippen molar-refractivity contribution in [2.75, 3.05) is 14.2 Å². The molecule has 0 saturated heterocycles. The summed E-state index contributed by atoms with van der Waals surface area (Å²) in [6.07, 6.45) is -0.236. The van der Waals surface area contributed by atoms with E-state index < -0.39 is 11.9 Å². The fourth-order valence-corrected chi connectivity index (χ4v) is 2.91. The van der Waals surface area contributed by atoms with E-state index >= 15 is 0 Å². The van der Waals surface area contributed by atoms with Crippen LogP contribution < -0.4 is 0 Å². The van der Waals surface area contributed by atoms with Crippen molar-refractivity contribution in [1.82, 2.24) is 4.98 Å². The van der Waals surface area contributed by atoms with Crippen LogP contribution in [0, 0.1) is 0 Å². The minimum Gasteiger partial charge on any atom is -0.384 e. The van der Waals surface area contributed by atoms with Gasteiger partial charge >= 0.3 is 0 Å². The van der Waals surface area contributed by atoms with Crippen LogP contribution in [0.3, 0.4) is 0 Å². The molecule has 1 atom stereocenters. The Morgan fingerprint density at radius 2 is 1.83 bits per heavy atom. The van der Waals surface area contributed by atoms with Gasteiger partial charge in [-0.1, -0.05) is 20.8 Å². The molecule has 104 valence electrons. The monoisotopic (exact) mass is 273 g/mol. The lowest BCUT2D eigenvalue weighted by Crippen LogP contribution is -2.43. The van der Waals surface area contributed by atoms with Crippen molar-refractivity contribution in [1.29, 1.82) is 0 Å². The summed E-state index contributed by atoms with van der Waals surface area (Å²) in [5.74, 6) is 0. The molecule has 1 unspecified atom stereocenters. The summed E-state index contributed by atoms with van der Waals surface area (Å²) in [6.45, 7) is 8.06. The van der Waals surface area contributed by atoms with Crippen molar-refractivity contribution in [2.24, 2.45) is 0 Å². The van der Waals surface area contributed by atoms with E-state index in [-0.39, 0.29) is 5.41 Å². The molecule has 18 heavy (non-hydrogen) atoms. The number of hydrogen-bond donors (Lipinski definition) is 1. The van der Waals surface area contributed by atoms with E-state index in [0.717, 1.165) is 10.7 Å². The van der Waals surface area contributed by atoms with Crippen molar-refractivity contribution in [3.8, 4) is 0 Å². The lowest BCUT2D eigenvalue weighted by molar-refractivity contribution is -0.207. The van der Waals surface area contributed by atoms with Crippen LogP contribution in [-0.2, 0) is 21.3 Å². The number of hydrogen-bond acceptors (Lipinski definition) is 5. The maximum absolute atomic E-state index is 10.4. The van der Waals surface area contributed by atoms with Crippen molar-refractivity contribution in [2.45, 2.75) is 51.4 Å². The van der Waals surface area contributed by atoms with Crippen molar-refractivity contribution in [3.63, 3.8) is 0 Å². The van der Waals surface area contributed by atoms with Crippen LogP contribution in [0.2, 0.25) is 0 Å². The van der Waals surface area contributed by atoms with Gasteiger partial charge in [0.2, 0.25) is 0 Å². The van der Waals surface area contributed by atoms with Crippen LogP contribution in [0.5, 0.6) is 0 Å². The Morgan fingerprint density at radius 3 is 2.22 bits per heavy atom. The van der Waals surface area contributed by atoms with Gasteiger partial charge in [-0.25, -0.2) is 4.98 Å². The molecule has 0 aliphatic carbocycles. The summed E-state index contributed by atoms with van der Waals surface area (Å²) in [5, 5.41) is 13.3. The zero-order chi connectivity index (χ0) is 14.0. The van der Waals surface area contributed by atoms with Crippen molar-refractivity contribution in [3.05, 3.63) is 16.1 Å². The fourth-order valence-electron chi connectivity index (χ4n) is 1.73. The SMILES string of the molecule is COC(OC)C(C)(O)Cc1nc(C(C)(C)C)cs1. The minimum absolute atomic E-state index is 0.0303. The normalized spacial score (nSPS) is 16.0. The van der Waals surface area contributed by atoms with Gasteiger partial charge in [0.1, 0.15) is 5.60 Å². The molecule has 1 aromatic heterocycles. The lowest BCUT2D eigenvalue weighted by Gasteiger charge is -2.29. The first-order valence-electron chi connectivity index (χ1n) is 5.93. The maximum atomic E-state index is 10.4. The predicted molar refractivity (Wildman–Crippen MR) is 72.9 cm³/mol. The topological polar surface area (TPSA) is 51.6 Å². The highest BCUT2D eigenvalue weighted by molar-refractivity contribution is 7.09. The summed E-state index contributed by atoms with van der Waals surface area (Å²) in [5.41, 5.74) is -0.0105. The van der Waals surface area contributed by atoms with Gasteiger partial charge in [-0.3, -0.25) is 0 Å². The Balaban J connectivity index is 2.81. The van der Waals surface area contributed by atoms with Crippen LogP contribution in [0.4, 0.5) is 0 Å². The Morgan fingerprint density at radius 1 is 1.28 bits per heavy atom. The number of methoxy groups -OCH3 is 2. The average Bonchev–Trinajstić information content (AvgIpc) is 2.66. The van der Waals surface area contributed by atoms with Crippen molar-refractivity contribution < 1.29 is 14.6 Å². The van der Waals surface area contributed by atoms with E-state index in [1.54, 1.807) is 18.3 Å². The van der Waals surface area contributed by atoms with E-state index in [1.165, 1.54) is 14.2 Å². The Kier molecular flexibility index (Phi) is 4.89. The molecular formula is C13H23NO3S. The van der Waals surface area contributed by atoms with E-state index in [2.05, 4.69) is 25.8 Å². The first-order chi connectivity index (χ1) is 8.20. The van der Waals surface area contributed by atoms with Crippen LogP contribution >= 0.6 is 11.3 Å². The zero-order valence-electron chi connectivity index (χ0n) is 12.0. The van der Waals surface area contributed by atoms with Gasteiger partial charge in [0.25, 0.3) is 0 Å². The summed E-state index contributed by atoms with van der Waals surface area (Å²) >= 11 is 1.56. The van der Waals surface area contributed by atoms with E-state index in [9.17, 15) is 5.11 Å². The fraction of sp³-hybridized carbons (Fsp3) is 0.769. The zero-order valence-corrected chi connectivity index (χ0v) is 12.8. The largest absolute Gasteiger partial charge is 0.384 e. The molecule has 0 amide bonds. The first-order valence-corrected chi connectivity index (χ1v) is 6.81. The second-order valence-corrected chi connectivity index (χ2v) is 6.66. The highest BCUT2D eigenvalue weighted by atomic mass is 32.1. The molecule has 0 fully saturated rings. The molecule has 0 aliphatic heterocycles. The summed E-state index contributed by atoms with van der Waals surface area (Å²) in [7, 11) is 3.04. The molecule has 0 aromatic carbocycles. The minimum atomic E-state index is -1.09. The van der Waals surface area contributed by atoms with E-state index in [1.807, 2.05) is 5.38 Å². The second kappa shape index (κ2) is 5.65. The van der Waals surface area contributed by atoms with Crippen LogP contribution in [0.25, 0.3) is 0 Å². The number of aliphatic hydroxyl groups is 1. The van der Waals surface area contributed by atoms with Crippen LogP contribution in [-0.4, -0.2) is 36.2 Å². The predicted octanol–water partition coefficient (Wildman–Crippen LogP) is 2.35. The van der Waals surface area contributed by atoms with Gasteiger partial charge in [-0.15, -0.1) is 11.3 Å². The molecule has 0 spiro atoms. The Bertz CT molecular complexity index is 378. The smallest absolute Gasteiger partial charge is 0.185 e. The quantitative estimate of drug-likeness (QED) is 0.837. The standard InChI is InChI=1S/C13H23NO3S/c1-12(2,3)9-8-18-10(14-9)7-13(4,15)11(16-5)17-6/h8,11,15H,7H2,1-6H3. The van der Waals surface area contributed by atoms with Crippen LogP contribution in [0.15, 0.2) is 5.38 Å². The molecule has 0 aliphatic rings. The molecular weight excluding hydrogens is 250 g/mol. The van der Waals surface area contributed by atoms with Crippen molar-refractivity contribution >= 4 is 11.3 Å². The Hall–Kier alpha value is -0.490. The Labute approximate surface area is 113 Å². The first kappa shape index (κ1) is 15.6. The number of aromatic nitrogens is 1. The molecule has 1 heterocycles. The highest BCUT2D eigenvalue weighted by Gasteiger charge is 2.34. The second-order valence-electron chi connectivity index (χ2n) is 5.71. The number of ether oxygens (including phenoxy) is 2. The third-order valence-electron chi connectivity index (χ3n) is 2.77. The molecule has 0 saturated carbocycles. The van der Waals surface area contributed by atoms with Gasteiger partial charge in [-0.05, 0) is 6.92 Å². The molecule has 0 bridgehead atoms. The molecule has 1 N–H and O–H groups in total. The third-order valence-corrected chi connectivity index (χ3v) is 3.61. The van der Waals surface area contributed by atoms with Gasteiger partial charge in [0.15, 0.2) is 6.29 Å². The number of rotatable bonds is 5. The van der Waals surface area contributed by atoms with Gasteiger partial charge in [0, 0.05) is 31.4 Å². The van der Waals surface area contributed by atoms with Gasteiger partial charge < -0.3 is 14.6 Å². The third kappa shape index (κ3) is 3.75. The van der Waals surface area contributed by atoms with Gasteiger partial charge in [0.05, 0.1) is 10.7 Å². The van der Waals surface area contributed by atoms with Crippen LogP contribution in [0.1, 0.15) is 38.4 Å². The van der Waals surface area contributed by atoms with E-state index in [0.29, 0.717) is 6.42 Å². The summed E-state index contributed by atoms with van der Waals surface area (Å²) in [6, 6.07) is 0. The molecule has 1 aromatic rings. The maximum Gasteiger partial charge on any atom is 0.185 e. The molecule has 5 heteroatoms. The lowest BCUT2D eigenvalue weighted by atomic mass is 9.93. The molecule has 1 rings (SSSR count). The highest BCUT2D eigenvalue weighted by Crippen LogP contribution is 2.27.